The van der Waals surface area contributed by atoms with Crippen molar-refractivity contribution in [2.45, 2.75) is 45.1 Å². The Morgan fingerprint density at radius 3 is 2.38 bits per heavy atom. The summed E-state index contributed by atoms with van der Waals surface area (Å²) in [5.41, 5.74) is 0. The van der Waals surface area contributed by atoms with Crippen molar-refractivity contribution in [2.75, 3.05) is 33.8 Å². The summed E-state index contributed by atoms with van der Waals surface area (Å²) >= 11 is 0. The van der Waals surface area contributed by atoms with Crippen molar-refractivity contribution in [2.24, 2.45) is 0 Å². The quantitative estimate of drug-likeness (QED) is 0.255. The van der Waals surface area contributed by atoms with Crippen molar-refractivity contribution in [1.82, 2.24) is 0 Å². The largest absolute Gasteiger partial charge is 0.367 e. The Hall–Kier alpha value is -0.340. The maximum atomic E-state index is 5.29. The van der Waals surface area contributed by atoms with Gasteiger partial charge in [-0.3, -0.25) is 0 Å². The van der Waals surface area contributed by atoms with E-state index in [-0.39, 0.29) is 0 Å². The van der Waals surface area contributed by atoms with Crippen molar-refractivity contribution < 1.29 is 9.22 Å². The summed E-state index contributed by atoms with van der Waals surface area (Å²) in [5.74, 6) is 0. The molecule has 0 N–H and O–H groups in total. The molecule has 0 aromatic rings. The minimum Gasteiger partial charge on any atom is -0.367 e. The van der Waals surface area contributed by atoms with E-state index in [1.165, 1.54) is 45.2 Å². The Labute approximate surface area is 101 Å². The van der Waals surface area contributed by atoms with Gasteiger partial charge in [0, 0.05) is 0 Å². The van der Waals surface area contributed by atoms with Gasteiger partial charge < -0.3 is 9.22 Å². The molecule has 1 atom stereocenters. The van der Waals surface area contributed by atoms with Gasteiger partial charge in [0.1, 0.15) is 12.6 Å². The zero-order chi connectivity index (χ0) is 11.9. The summed E-state index contributed by atoms with van der Waals surface area (Å²) in [6.07, 6.45) is 11.7. The fourth-order valence-corrected chi connectivity index (χ4v) is 2.01. The average molecular weight is 226 g/mol. The van der Waals surface area contributed by atoms with E-state index in [0.29, 0.717) is 6.10 Å². The number of quaternary nitrogens is 1. The fourth-order valence-electron chi connectivity index (χ4n) is 2.01. The summed E-state index contributed by atoms with van der Waals surface area (Å²) in [5, 5.41) is 0. The van der Waals surface area contributed by atoms with Gasteiger partial charge in [-0.25, -0.2) is 0 Å². The fraction of sp³-hybridized carbons (Fsp3) is 0.857. The van der Waals surface area contributed by atoms with Crippen molar-refractivity contribution in [1.29, 1.82) is 0 Å². The number of likely N-dealkylation sites (N-methyl/N-ethyl adjacent to an activating group) is 1. The second kappa shape index (κ2) is 7.08. The average Bonchev–Trinajstić information content (AvgIpc) is 2.99. The lowest BCUT2D eigenvalue weighted by molar-refractivity contribution is -0.891. The molecule has 1 aliphatic rings. The van der Waals surface area contributed by atoms with Crippen molar-refractivity contribution >= 4 is 0 Å². The molecule has 0 aromatic heterocycles. The zero-order valence-corrected chi connectivity index (χ0v) is 11.2. The first-order valence-corrected chi connectivity index (χ1v) is 6.72. The number of unbranched alkanes of at least 4 members (excludes halogenated alkanes) is 3. The highest BCUT2D eigenvalue weighted by atomic mass is 16.6. The number of hydrogen-bond acceptors (Lipinski definition) is 1. The Morgan fingerprint density at radius 1 is 1.19 bits per heavy atom. The van der Waals surface area contributed by atoms with E-state index in [9.17, 15) is 0 Å². The van der Waals surface area contributed by atoms with Crippen LogP contribution in [0.2, 0.25) is 0 Å². The molecule has 16 heavy (non-hydrogen) atoms. The number of ether oxygens (including phenoxy) is 1. The lowest BCUT2D eigenvalue weighted by Gasteiger charge is -2.28. The normalized spacial score (nSPS) is 20.6. The van der Waals surface area contributed by atoms with E-state index in [2.05, 4.69) is 33.2 Å². The van der Waals surface area contributed by atoms with Crippen molar-refractivity contribution in [3.8, 4) is 0 Å². The van der Waals surface area contributed by atoms with Gasteiger partial charge in [-0.15, -0.1) is 0 Å². The molecule has 1 aliphatic heterocycles. The minimum absolute atomic E-state index is 0.551. The SMILES string of the molecule is CCCC/C=C/CCC[N+](C)(C)CC1CO1. The highest BCUT2D eigenvalue weighted by Gasteiger charge is 2.30. The molecule has 0 bridgehead atoms. The molecule has 94 valence electrons. The maximum Gasteiger partial charge on any atom is 0.130 e. The van der Waals surface area contributed by atoms with E-state index < -0.39 is 0 Å². The zero-order valence-electron chi connectivity index (χ0n) is 11.2. The van der Waals surface area contributed by atoms with Gasteiger partial charge in [-0.1, -0.05) is 31.9 Å². The Morgan fingerprint density at radius 2 is 1.81 bits per heavy atom. The smallest absolute Gasteiger partial charge is 0.130 e. The van der Waals surface area contributed by atoms with Crippen LogP contribution >= 0.6 is 0 Å². The molecular formula is C14H28NO+. The standard InChI is InChI=1S/C14H28NO/c1-4-5-6-7-8-9-10-11-15(2,3)12-14-13-16-14/h7-8,14H,4-6,9-13H2,1-3H3/q+1/b8-7+. The van der Waals surface area contributed by atoms with Gasteiger partial charge in [-0.2, -0.15) is 0 Å². The Balaban J connectivity index is 1.98. The van der Waals surface area contributed by atoms with E-state index in [1.807, 2.05) is 0 Å². The minimum atomic E-state index is 0.551. The number of rotatable bonds is 9. The third kappa shape index (κ3) is 7.02. The van der Waals surface area contributed by atoms with Gasteiger partial charge in [-0.05, 0) is 19.3 Å². The molecule has 2 heteroatoms. The summed E-state index contributed by atoms with van der Waals surface area (Å²) in [4.78, 5) is 0. The molecule has 0 saturated carbocycles. The van der Waals surface area contributed by atoms with Crippen LogP contribution in [0.5, 0.6) is 0 Å². The van der Waals surface area contributed by atoms with E-state index in [1.54, 1.807) is 0 Å². The summed E-state index contributed by atoms with van der Waals surface area (Å²) in [6, 6.07) is 0. The number of nitrogens with zero attached hydrogens (tertiary/aromatic N) is 1. The van der Waals surface area contributed by atoms with Crippen LogP contribution in [0.3, 0.4) is 0 Å². The summed E-state index contributed by atoms with van der Waals surface area (Å²) in [7, 11) is 4.62. The number of allylic oxidation sites excluding steroid dienone is 2. The Bertz CT molecular complexity index is 207. The molecule has 1 unspecified atom stereocenters. The molecule has 2 nitrogen and oxygen atoms in total. The predicted molar refractivity (Wildman–Crippen MR) is 69.5 cm³/mol. The molecule has 0 spiro atoms. The second-order valence-electron chi connectivity index (χ2n) is 5.55. The van der Waals surface area contributed by atoms with Crippen LogP contribution in [-0.2, 0) is 4.74 Å². The molecule has 1 fully saturated rings. The molecule has 0 aromatic carbocycles. The van der Waals surface area contributed by atoms with Crippen LogP contribution < -0.4 is 0 Å². The second-order valence-corrected chi connectivity index (χ2v) is 5.55. The van der Waals surface area contributed by atoms with Gasteiger partial charge in [0.25, 0.3) is 0 Å². The first-order valence-electron chi connectivity index (χ1n) is 6.72. The molecule has 1 heterocycles. The number of hydrogen-bond donors (Lipinski definition) is 0. The molecule has 1 saturated heterocycles. The van der Waals surface area contributed by atoms with E-state index in [4.69, 9.17) is 4.74 Å². The molecule has 1 rings (SSSR count). The van der Waals surface area contributed by atoms with Gasteiger partial charge in [0.05, 0.1) is 27.2 Å². The van der Waals surface area contributed by atoms with Crippen LogP contribution in [0.1, 0.15) is 39.0 Å². The molecular weight excluding hydrogens is 198 g/mol. The highest BCUT2D eigenvalue weighted by Crippen LogP contribution is 2.14. The third-order valence-corrected chi connectivity index (χ3v) is 3.13. The highest BCUT2D eigenvalue weighted by molar-refractivity contribution is 4.81. The molecule has 0 amide bonds. The van der Waals surface area contributed by atoms with Gasteiger partial charge >= 0.3 is 0 Å². The van der Waals surface area contributed by atoms with Gasteiger partial charge in [0.2, 0.25) is 0 Å². The number of epoxide rings is 1. The van der Waals surface area contributed by atoms with E-state index >= 15 is 0 Å². The van der Waals surface area contributed by atoms with Crippen LogP contribution in [0.4, 0.5) is 0 Å². The Kier molecular flexibility index (Phi) is 6.07. The monoisotopic (exact) mass is 226 g/mol. The predicted octanol–water partition coefficient (Wildman–Crippen LogP) is 2.99. The first-order chi connectivity index (χ1) is 7.64. The van der Waals surface area contributed by atoms with Crippen LogP contribution in [0.25, 0.3) is 0 Å². The van der Waals surface area contributed by atoms with Crippen LogP contribution in [0, 0.1) is 0 Å². The first kappa shape index (κ1) is 13.7. The van der Waals surface area contributed by atoms with Crippen molar-refractivity contribution in [3.05, 3.63) is 12.2 Å². The molecule has 0 radical (unpaired) electrons. The van der Waals surface area contributed by atoms with Gasteiger partial charge in [0.15, 0.2) is 0 Å². The summed E-state index contributed by atoms with van der Waals surface area (Å²) in [6.45, 7) is 5.67. The maximum absolute atomic E-state index is 5.29. The van der Waals surface area contributed by atoms with Crippen LogP contribution in [-0.4, -0.2) is 44.4 Å². The third-order valence-electron chi connectivity index (χ3n) is 3.13. The lowest BCUT2D eigenvalue weighted by atomic mass is 10.2. The summed E-state index contributed by atoms with van der Waals surface area (Å²) < 4.78 is 6.39. The van der Waals surface area contributed by atoms with E-state index in [0.717, 1.165) is 11.1 Å². The lowest BCUT2D eigenvalue weighted by Crippen LogP contribution is -2.43. The van der Waals surface area contributed by atoms with Crippen molar-refractivity contribution in [3.63, 3.8) is 0 Å². The topological polar surface area (TPSA) is 12.5 Å². The van der Waals surface area contributed by atoms with Crippen LogP contribution in [0.15, 0.2) is 12.2 Å². The molecule has 0 aliphatic carbocycles.